The van der Waals surface area contributed by atoms with Crippen molar-refractivity contribution in [3.05, 3.63) is 29.8 Å². The van der Waals surface area contributed by atoms with Gasteiger partial charge in [0.2, 0.25) is 0 Å². The van der Waals surface area contributed by atoms with Gasteiger partial charge in [0.05, 0.1) is 6.61 Å². The summed E-state index contributed by atoms with van der Waals surface area (Å²) in [6.07, 6.45) is 2.12. The molecular formula is C20H36N4O2S. The second-order valence-corrected chi connectivity index (χ2v) is 8.55. The Morgan fingerprint density at radius 1 is 1.22 bits per heavy atom. The fraction of sp³-hybridized carbons (Fsp3) is 0.650. The highest BCUT2D eigenvalue weighted by atomic mass is 32.2. The molecule has 0 aliphatic heterocycles. The number of methoxy groups -OCH3 is 1. The Hall–Kier alpha value is -1.44. The normalized spacial score (nSPS) is 12.3. The molecular weight excluding hydrogens is 360 g/mol. The van der Waals surface area contributed by atoms with E-state index >= 15 is 0 Å². The summed E-state index contributed by atoms with van der Waals surface area (Å²) in [4.78, 5) is 6.49. The van der Waals surface area contributed by atoms with Gasteiger partial charge in [-0.3, -0.25) is 4.99 Å². The van der Waals surface area contributed by atoms with Crippen LogP contribution in [0.3, 0.4) is 0 Å². The lowest BCUT2D eigenvalue weighted by atomic mass is 10.2. The molecule has 0 amide bonds. The highest BCUT2D eigenvalue weighted by Gasteiger charge is 2.16. The number of benzene rings is 1. The minimum atomic E-state index is 0.168. The molecule has 0 aliphatic carbocycles. The third-order valence-corrected chi connectivity index (χ3v) is 5.48. The van der Waals surface area contributed by atoms with Crippen LogP contribution >= 0.6 is 11.8 Å². The summed E-state index contributed by atoms with van der Waals surface area (Å²) in [5, 5.41) is 6.74. The largest absolute Gasteiger partial charge is 0.492 e. The number of likely N-dealkylation sites (N-methyl/N-ethyl adjacent to an activating group) is 1. The van der Waals surface area contributed by atoms with Crippen molar-refractivity contribution in [1.82, 2.24) is 15.5 Å². The van der Waals surface area contributed by atoms with E-state index in [2.05, 4.69) is 59.8 Å². The molecule has 0 atom stereocenters. The van der Waals surface area contributed by atoms with Crippen molar-refractivity contribution in [1.29, 1.82) is 0 Å². The molecule has 1 aromatic rings. The van der Waals surface area contributed by atoms with Crippen LogP contribution in [-0.2, 0) is 11.3 Å². The van der Waals surface area contributed by atoms with Crippen molar-refractivity contribution in [2.75, 3.05) is 60.3 Å². The van der Waals surface area contributed by atoms with Crippen molar-refractivity contribution < 1.29 is 9.47 Å². The van der Waals surface area contributed by atoms with Crippen LogP contribution in [0.2, 0.25) is 0 Å². The molecule has 2 N–H and O–H groups in total. The van der Waals surface area contributed by atoms with Gasteiger partial charge >= 0.3 is 0 Å². The molecule has 0 saturated carbocycles. The number of aliphatic imine (C=N–C) groups is 1. The number of hydrogen-bond donors (Lipinski definition) is 2. The predicted octanol–water partition coefficient (Wildman–Crippen LogP) is 2.45. The van der Waals surface area contributed by atoms with Crippen LogP contribution in [0, 0.1) is 0 Å². The summed E-state index contributed by atoms with van der Waals surface area (Å²) in [6, 6.07) is 8.17. The Morgan fingerprint density at radius 3 is 2.63 bits per heavy atom. The van der Waals surface area contributed by atoms with Gasteiger partial charge in [-0.2, -0.15) is 11.8 Å². The topological polar surface area (TPSA) is 58.1 Å². The van der Waals surface area contributed by atoms with E-state index in [4.69, 9.17) is 9.47 Å². The van der Waals surface area contributed by atoms with Gasteiger partial charge in [0.1, 0.15) is 12.4 Å². The zero-order valence-electron chi connectivity index (χ0n) is 17.7. The molecule has 0 saturated heterocycles. The zero-order chi connectivity index (χ0) is 20.1. The van der Waals surface area contributed by atoms with Crippen LogP contribution in [0.5, 0.6) is 5.75 Å². The van der Waals surface area contributed by atoms with Crippen LogP contribution in [0.1, 0.15) is 19.4 Å². The first kappa shape index (κ1) is 23.6. The highest BCUT2D eigenvalue weighted by Crippen LogP contribution is 2.19. The molecule has 0 fully saturated rings. The molecule has 1 aromatic carbocycles. The minimum absolute atomic E-state index is 0.168. The highest BCUT2D eigenvalue weighted by molar-refractivity contribution is 7.99. The van der Waals surface area contributed by atoms with E-state index in [1.165, 1.54) is 0 Å². The van der Waals surface area contributed by atoms with Gasteiger partial charge < -0.3 is 25.0 Å². The smallest absolute Gasteiger partial charge is 0.191 e. The number of guanidine groups is 1. The van der Waals surface area contributed by atoms with Crippen LogP contribution < -0.4 is 15.4 Å². The Bertz CT molecular complexity index is 567. The molecule has 0 radical (unpaired) electrons. The number of nitrogens with zero attached hydrogens (tertiary/aromatic N) is 2. The lowest BCUT2D eigenvalue weighted by Gasteiger charge is -2.23. The first-order valence-electron chi connectivity index (χ1n) is 9.29. The fourth-order valence-electron chi connectivity index (χ4n) is 2.20. The lowest BCUT2D eigenvalue weighted by Crippen LogP contribution is -2.42. The number of hydrogen-bond acceptors (Lipinski definition) is 5. The van der Waals surface area contributed by atoms with E-state index in [0.717, 1.165) is 43.5 Å². The van der Waals surface area contributed by atoms with E-state index in [0.29, 0.717) is 13.2 Å². The summed E-state index contributed by atoms with van der Waals surface area (Å²) in [5.41, 5.74) is 1.16. The molecule has 0 aromatic heterocycles. The monoisotopic (exact) mass is 396 g/mol. The van der Waals surface area contributed by atoms with Crippen LogP contribution in [0.4, 0.5) is 0 Å². The van der Waals surface area contributed by atoms with Crippen LogP contribution in [0.25, 0.3) is 0 Å². The molecule has 27 heavy (non-hydrogen) atoms. The number of ether oxygens (including phenoxy) is 2. The Balaban J connectivity index is 2.42. The van der Waals surface area contributed by atoms with Gasteiger partial charge in [0, 0.05) is 45.1 Å². The summed E-state index contributed by atoms with van der Waals surface area (Å²) in [5.74, 6) is 1.70. The average Bonchev–Trinajstić information content (AvgIpc) is 2.67. The van der Waals surface area contributed by atoms with E-state index in [1.807, 2.05) is 23.9 Å². The molecule has 154 valence electrons. The van der Waals surface area contributed by atoms with Crippen molar-refractivity contribution in [3.8, 4) is 5.75 Å². The molecule has 0 bridgehead atoms. The van der Waals surface area contributed by atoms with Crippen LogP contribution in [-0.4, -0.2) is 75.9 Å². The maximum Gasteiger partial charge on any atom is 0.191 e. The van der Waals surface area contributed by atoms with E-state index in [9.17, 15) is 0 Å². The average molecular weight is 397 g/mol. The van der Waals surface area contributed by atoms with Crippen molar-refractivity contribution in [2.45, 2.75) is 25.1 Å². The van der Waals surface area contributed by atoms with E-state index < -0.39 is 0 Å². The van der Waals surface area contributed by atoms with Gasteiger partial charge in [0.25, 0.3) is 0 Å². The SMILES string of the molecule is CN=C(NCc1cccc(OCCN(C)CCOC)c1)NCC(C)(C)SC. The number of rotatable bonds is 12. The van der Waals surface area contributed by atoms with Gasteiger partial charge in [0.15, 0.2) is 5.96 Å². The maximum absolute atomic E-state index is 5.88. The standard InChI is InChI=1S/C20H36N4O2S/c1-20(2,27-6)16-23-19(21-3)22-15-17-8-7-9-18(14-17)26-13-11-24(4)10-12-25-5/h7-9,14H,10-13,15-16H2,1-6H3,(H2,21,22,23). The van der Waals surface area contributed by atoms with Gasteiger partial charge in [-0.05, 0) is 44.8 Å². The first-order valence-corrected chi connectivity index (χ1v) is 10.5. The number of nitrogens with one attached hydrogen (secondary N) is 2. The second kappa shape index (κ2) is 12.9. The molecule has 6 nitrogen and oxygen atoms in total. The molecule has 0 heterocycles. The summed E-state index contributed by atoms with van der Waals surface area (Å²) in [7, 11) is 5.58. The zero-order valence-corrected chi connectivity index (χ0v) is 18.5. The van der Waals surface area contributed by atoms with Crippen molar-refractivity contribution in [2.24, 2.45) is 4.99 Å². The van der Waals surface area contributed by atoms with Gasteiger partial charge in [-0.1, -0.05) is 12.1 Å². The molecule has 1 rings (SSSR count). The second-order valence-electron chi connectivity index (χ2n) is 7.04. The maximum atomic E-state index is 5.88. The lowest BCUT2D eigenvalue weighted by molar-refractivity contribution is 0.150. The molecule has 0 spiro atoms. The molecule has 7 heteroatoms. The van der Waals surface area contributed by atoms with E-state index in [1.54, 1.807) is 14.2 Å². The van der Waals surface area contributed by atoms with Crippen molar-refractivity contribution in [3.63, 3.8) is 0 Å². The summed E-state index contributed by atoms with van der Waals surface area (Å²) in [6.45, 7) is 9.15. The van der Waals surface area contributed by atoms with Crippen LogP contribution in [0.15, 0.2) is 29.3 Å². The van der Waals surface area contributed by atoms with E-state index in [-0.39, 0.29) is 4.75 Å². The molecule has 0 aliphatic rings. The Labute approximate surface area is 169 Å². The quantitative estimate of drug-likeness (QED) is 0.418. The van der Waals surface area contributed by atoms with Gasteiger partial charge in [-0.15, -0.1) is 0 Å². The number of thioether (sulfide) groups is 1. The fourth-order valence-corrected chi connectivity index (χ4v) is 2.42. The predicted molar refractivity (Wildman–Crippen MR) is 117 cm³/mol. The first-order chi connectivity index (χ1) is 12.9. The van der Waals surface area contributed by atoms with Crippen molar-refractivity contribution >= 4 is 17.7 Å². The Morgan fingerprint density at radius 2 is 1.96 bits per heavy atom. The Kier molecular flexibility index (Phi) is 11.2. The minimum Gasteiger partial charge on any atom is -0.492 e. The third kappa shape index (κ3) is 10.5. The van der Waals surface area contributed by atoms with Gasteiger partial charge in [-0.25, -0.2) is 0 Å². The summed E-state index contributed by atoms with van der Waals surface area (Å²) >= 11 is 1.84. The summed E-state index contributed by atoms with van der Waals surface area (Å²) < 4.78 is 11.1. The third-order valence-electron chi connectivity index (χ3n) is 4.24. The molecule has 0 unspecified atom stereocenters.